The summed E-state index contributed by atoms with van der Waals surface area (Å²) in [6, 6.07) is 6.28. The molecule has 2 nitrogen and oxygen atoms in total. The molecule has 17 heavy (non-hydrogen) atoms. The second-order valence-electron chi connectivity index (χ2n) is 4.92. The highest BCUT2D eigenvalue weighted by Gasteiger charge is 2.16. The van der Waals surface area contributed by atoms with Crippen molar-refractivity contribution in [3.8, 4) is 0 Å². The summed E-state index contributed by atoms with van der Waals surface area (Å²) in [6.07, 6.45) is 2.30. The molecule has 2 N–H and O–H groups in total. The average molecular weight is 236 g/mol. The summed E-state index contributed by atoms with van der Waals surface area (Å²) >= 11 is 0. The Morgan fingerprint density at radius 2 is 2.06 bits per heavy atom. The van der Waals surface area contributed by atoms with Gasteiger partial charge in [0.2, 0.25) is 0 Å². The van der Waals surface area contributed by atoms with Crippen LogP contribution in [0.4, 0.5) is 4.39 Å². The minimum absolute atomic E-state index is 0.110. The quantitative estimate of drug-likeness (QED) is 0.842. The largest absolute Gasteiger partial charge is 0.317 e. The summed E-state index contributed by atoms with van der Waals surface area (Å²) < 4.78 is 13.5. The number of nitrogens with one attached hydrogen (secondary N) is 2. The predicted molar refractivity (Wildman–Crippen MR) is 68.6 cm³/mol. The molecule has 2 rings (SSSR count). The molecule has 0 bridgehead atoms. The standard InChI is InChI=1S/C14H21FN2/c1-10-3-4-12(9-14(10)15)11(2)17-13-5-7-16-8-6-13/h3-4,9,11,13,16-17H,5-8H2,1-2H3. The Hall–Kier alpha value is -0.930. The summed E-state index contributed by atoms with van der Waals surface area (Å²) in [5, 5.41) is 6.92. The molecule has 0 radical (unpaired) electrons. The maximum Gasteiger partial charge on any atom is 0.126 e. The van der Waals surface area contributed by atoms with E-state index < -0.39 is 0 Å². The van der Waals surface area contributed by atoms with Gasteiger partial charge in [0.15, 0.2) is 0 Å². The van der Waals surface area contributed by atoms with Gasteiger partial charge in [0.05, 0.1) is 0 Å². The molecule has 1 atom stereocenters. The van der Waals surface area contributed by atoms with Crippen LogP contribution in [-0.2, 0) is 0 Å². The molecule has 1 saturated heterocycles. The van der Waals surface area contributed by atoms with Gasteiger partial charge in [-0.2, -0.15) is 0 Å². The van der Waals surface area contributed by atoms with E-state index in [1.54, 1.807) is 13.0 Å². The molecule has 1 unspecified atom stereocenters. The molecule has 94 valence electrons. The highest BCUT2D eigenvalue weighted by atomic mass is 19.1. The van der Waals surface area contributed by atoms with Crippen molar-refractivity contribution >= 4 is 0 Å². The zero-order valence-corrected chi connectivity index (χ0v) is 10.6. The smallest absolute Gasteiger partial charge is 0.126 e. The van der Waals surface area contributed by atoms with Crippen LogP contribution in [0, 0.1) is 12.7 Å². The van der Waals surface area contributed by atoms with E-state index in [9.17, 15) is 4.39 Å². The topological polar surface area (TPSA) is 24.1 Å². The molecule has 0 saturated carbocycles. The fourth-order valence-corrected chi connectivity index (χ4v) is 2.32. The number of rotatable bonds is 3. The van der Waals surface area contributed by atoms with Crippen LogP contribution < -0.4 is 10.6 Å². The van der Waals surface area contributed by atoms with Crippen LogP contribution in [0.2, 0.25) is 0 Å². The Kier molecular flexibility index (Phi) is 4.13. The lowest BCUT2D eigenvalue weighted by Gasteiger charge is -2.27. The van der Waals surface area contributed by atoms with Crippen LogP contribution in [0.15, 0.2) is 18.2 Å². The average Bonchev–Trinajstić information content (AvgIpc) is 2.34. The van der Waals surface area contributed by atoms with Crippen LogP contribution in [0.5, 0.6) is 0 Å². The van der Waals surface area contributed by atoms with Gasteiger partial charge in [0.1, 0.15) is 5.82 Å². The molecule has 0 spiro atoms. The summed E-state index contributed by atoms with van der Waals surface area (Å²) in [6.45, 7) is 6.05. The Morgan fingerprint density at radius 1 is 1.35 bits per heavy atom. The Labute approximate surface area is 103 Å². The van der Waals surface area contributed by atoms with Crippen LogP contribution in [0.3, 0.4) is 0 Å². The van der Waals surface area contributed by atoms with Crippen molar-refractivity contribution in [2.45, 2.75) is 38.8 Å². The number of benzene rings is 1. The Morgan fingerprint density at radius 3 is 2.71 bits per heavy atom. The SMILES string of the molecule is Cc1ccc(C(C)NC2CCNCC2)cc1F. The van der Waals surface area contributed by atoms with Crippen molar-refractivity contribution in [3.05, 3.63) is 35.1 Å². The first kappa shape index (κ1) is 12.5. The minimum Gasteiger partial charge on any atom is -0.317 e. The Bertz CT molecular complexity index is 372. The summed E-state index contributed by atoms with van der Waals surface area (Å²) in [5.74, 6) is -0.110. The predicted octanol–water partition coefficient (Wildman–Crippen LogP) is 2.54. The lowest BCUT2D eigenvalue weighted by Crippen LogP contribution is -2.40. The monoisotopic (exact) mass is 236 g/mol. The third kappa shape index (κ3) is 3.27. The number of piperidine rings is 1. The van der Waals surface area contributed by atoms with E-state index in [0.29, 0.717) is 11.6 Å². The minimum atomic E-state index is -0.110. The number of aryl methyl sites for hydroxylation is 1. The van der Waals surface area contributed by atoms with Gasteiger partial charge >= 0.3 is 0 Å². The highest BCUT2D eigenvalue weighted by molar-refractivity contribution is 5.25. The molecule has 0 amide bonds. The zero-order valence-electron chi connectivity index (χ0n) is 10.6. The van der Waals surface area contributed by atoms with Crippen molar-refractivity contribution in [2.24, 2.45) is 0 Å². The van der Waals surface area contributed by atoms with Gasteiger partial charge in [-0.25, -0.2) is 4.39 Å². The van der Waals surface area contributed by atoms with E-state index in [4.69, 9.17) is 0 Å². The maximum atomic E-state index is 13.5. The van der Waals surface area contributed by atoms with E-state index in [2.05, 4.69) is 17.6 Å². The highest BCUT2D eigenvalue weighted by Crippen LogP contribution is 2.18. The normalized spacial score (nSPS) is 19.2. The van der Waals surface area contributed by atoms with Gasteiger partial charge in [-0.15, -0.1) is 0 Å². The molecular formula is C14H21FN2. The van der Waals surface area contributed by atoms with Gasteiger partial charge in [0, 0.05) is 12.1 Å². The van der Waals surface area contributed by atoms with Crippen LogP contribution in [0.25, 0.3) is 0 Å². The van der Waals surface area contributed by atoms with E-state index in [-0.39, 0.29) is 11.9 Å². The summed E-state index contributed by atoms with van der Waals surface area (Å²) in [5.41, 5.74) is 1.74. The van der Waals surface area contributed by atoms with E-state index in [1.165, 1.54) is 0 Å². The maximum absolute atomic E-state index is 13.5. The first-order valence-electron chi connectivity index (χ1n) is 6.39. The Balaban J connectivity index is 1.98. The van der Waals surface area contributed by atoms with Crippen molar-refractivity contribution in [2.75, 3.05) is 13.1 Å². The second-order valence-corrected chi connectivity index (χ2v) is 4.92. The second kappa shape index (κ2) is 5.61. The molecular weight excluding hydrogens is 215 g/mol. The molecule has 1 heterocycles. The first-order valence-corrected chi connectivity index (χ1v) is 6.39. The molecule has 3 heteroatoms. The number of hydrogen-bond donors (Lipinski definition) is 2. The lowest BCUT2D eigenvalue weighted by atomic mass is 10.0. The van der Waals surface area contributed by atoms with Gasteiger partial charge in [-0.05, 0) is 57.0 Å². The van der Waals surface area contributed by atoms with Crippen molar-refractivity contribution in [1.82, 2.24) is 10.6 Å². The van der Waals surface area contributed by atoms with Crippen molar-refractivity contribution in [3.63, 3.8) is 0 Å². The lowest BCUT2D eigenvalue weighted by molar-refractivity contribution is 0.359. The van der Waals surface area contributed by atoms with Crippen LogP contribution in [0.1, 0.15) is 36.9 Å². The molecule has 0 aliphatic carbocycles. The van der Waals surface area contributed by atoms with E-state index in [1.807, 2.05) is 12.1 Å². The summed E-state index contributed by atoms with van der Waals surface area (Å²) in [4.78, 5) is 0. The molecule has 0 aromatic heterocycles. The third-order valence-electron chi connectivity index (χ3n) is 3.52. The molecule has 1 fully saturated rings. The molecule has 1 aromatic carbocycles. The van der Waals surface area contributed by atoms with E-state index >= 15 is 0 Å². The fraction of sp³-hybridized carbons (Fsp3) is 0.571. The third-order valence-corrected chi connectivity index (χ3v) is 3.52. The van der Waals surface area contributed by atoms with Crippen molar-refractivity contribution < 1.29 is 4.39 Å². The van der Waals surface area contributed by atoms with Gasteiger partial charge in [0.25, 0.3) is 0 Å². The number of hydrogen-bond acceptors (Lipinski definition) is 2. The van der Waals surface area contributed by atoms with Gasteiger partial charge < -0.3 is 10.6 Å². The molecule has 1 aliphatic rings. The summed E-state index contributed by atoms with van der Waals surface area (Å²) in [7, 11) is 0. The molecule has 1 aromatic rings. The zero-order chi connectivity index (χ0) is 12.3. The first-order chi connectivity index (χ1) is 8.16. The van der Waals surface area contributed by atoms with Crippen LogP contribution >= 0.6 is 0 Å². The van der Waals surface area contributed by atoms with Gasteiger partial charge in [-0.3, -0.25) is 0 Å². The van der Waals surface area contributed by atoms with Crippen LogP contribution in [-0.4, -0.2) is 19.1 Å². The number of halogens is 1. The fourth-order valence-electron chi connectivity index (χ4n) is 2.32. The molecule has 1 aliphatic heterocycles. The van der Waals surface area contributed by atoms with Gasteiger partial charge in [-0.1, -0.05) is 12.1 Å². The van der Waals surface area contributed by atoms with E-state index in [0.717, 1.165) is 31.5 Å². The van der Waals surface area contributed by atoms with Crippen molar-refractivity contribution in [1.29, 1.82) is 0 Å².